The number of hydrogen-bond donors (Lipinski definition) is 0. The van der Waals surface area contributed by atoms with Gasteiger partial charge in [0.1, 0.15) is 17.1 Å². The van der Waals surface area contributed by atoms with Crippen molar-refractivity contribution in [3.05, 3.63) is 56.4 Å². The first kappa shape index (κ1) is 18.6. The van der Waals surface area contributed by atoms with Crippen LogP contribution >= 0.6 is 22.7 Å². The van der Waals surface area contributed by atoms with Gasteiger partial charge in [-0.05, 0) is 30.9 Å². The van der Waals surface area contributed by atoms with Crippen molar-refractivity contribution >= 4 is 38.9 Å². The van der Waals surface area contributed by atoms with Crippen LogP contribution in [0.3, 0.4) is 0 Å². The zero-order chi connectivity index (χ0) is 19.7. The van der Waals surface area contributed by atoms with Crippen LogP contribution in [0, 0.1) is 13.8 Å². The maximum Gasteiger partial charge on any atom is 0.307 e. The fourth-order valence-corrected chi connectivity index (χ4v) is 4.44. The summed E-state index contributed by atoms with van der Waals surface area (Å²) in [5, 5.41) is 6.49. The first-order chi connectivity index (χ1) is 13.5. The Balaban J connectivity index is 1.36. The monoisotopic (exact) mass is 415 g/mol. The minimum Gasteiger partial charge on any atom is -0.459 e. The Morgan fingerprint density at radius 3 is 3.00 bits per heavy atom. The van der Waals surface area contributed by atoms with E-state index >= 15 is 0 Å². The van der Waals surface area contributed by atoms with E-state index < -0.39 is 5.97 Å². The molecule has 0 aliphatic heterocycles. The first-order valence-electron chi connectivity index (χ1n) is 8.63. The lowest BCUT2D eigenvalue weighted by Crippen LogP contribution is -2.22. The van der Waals surface area contributed by atoms with Crippen molar-refractivity contribution in [1.82, 2.24) is 14.7 Å². The van der Waals surface area contributed by atoms with E-state index in [9.17, 15) is 9.59 Å². The lowest BCUT2D eigenvalue weighted by molar-refractivity contribution is -0.145. The third kappa shape index (κ3) is 3.63. The summed E-state index contributed by atoms with van der Waals surface area (Å²) in [7, 11) is 0. The van der Waals surface area contributed by atoms with Crippen molar-refractivity contribution in [2.24, 2.45) is 0 Å². The maximum absolute atomic E-state index is 12.6. The van der Waals surface area contributed by atoms with Crippen molar-refractivity contribution in [3.63, 3.8) is 0 Å². The van der Waals surface area contributed by atoms with E-state index in [0.717, 1.165) is 20.1 Å². The minimum absolute atomic E-state index is 0.0305. The quantitative estimate of drug-likeness (QED) is 0.444. The molecule has 4 aromatic rings. The van der Waals surface area contributed by atoms with E-state index in [-0.39, 0.29) is 25.1 Å². The van der Waals surface area contributed by atoms with Gasteiger partial charge in [0.25, 0.3) is 5.56 Å². The van der Waals surface area contributed by atoms with Gasteiger partial charge in [0.2, 0.25) is 0 Å². The predicted octanol–water partition coefficient (Wildman–Crippen LogP) is 3.92. The van der Waals surface area contributed by atoms with Gasteiger partial charge < -0.3 is 9.26 Å². The predicted molar refractivity (Wildman–Crippen MR) is 108 cm³/mol. The number of aryl methyl sites for hydroxylation is 3. The van der Waals surface area contributed by atoms with Gasteiger partial charge in [-0.3, -0.25) is 14.2 Å². The summed E-state index contributed by atoms with van der Waals surface area (Å²) in [6.45, 7) is 4.13. The Morgan fingerprint density at radius 1 is 1.36 bits per heavy atom. The van der Waals surface area contributed by atoms with Crippen LogP contribution in [0.25, 0.3) is 20.9 Å². The molecular formula is C19H17N3O4S2. The summed E-state index contributed by atoms with van der Waals surface area (Å²) in [6.07, 6.45) is 1.56. The van der Waals surface area contributed by atoms with E-state index in [1.54, 1.807) is 17.4 Å². The topological polar surface area (TPSA) is 87.2 Å². The summed E-state index contributed by atoms with van der Waals surface area (Å²) in [5.41, 5.74) is 1.36. The molecule has 4 heterocycles. The van der Waals surface area contributed by atoms with Crippen molar-refractivity contribution < 1.29 is 14.1 Å². The number of fused-ring (bicyclic) bond motifs is 1. The number of carbonyl (C=O) groups excluding carboxylic acids is 1. The Morgan fingerprint density at radius 2 is 2.21 bits per heavy atom. The Labute approximate surface area is 168 Å². The molecule has 0 saturated heterocycles. The highest BCUT2D eigenvalue weighted by atomic mass is 32.1. The molecule has 0 fully saturated rings. The molecule has 0 saturated carbocycles. The van der Waals surface area contributed by atoms with Gasteiger partial charge in [-0.2, -0.15) is 0 Å². The Bertz CT molecular complexity index is 1190. The van der Waals surface area contributed by atoms with E-state index in [2.05, 4.69) is 10.1 Å². The van der Waals surface area contributed by atoms with Crippen LogP contribution in [-0.4, -0.2) is 20.7 Å². The molecule has 144 valence electrons. The molecule has 0 N–H and O–H groups in total. The summed E-state index contributed by atoms with van der Waals surface area (Å²) in [6, 6.07) is 5.61. The average Bonchev–Trinajstić information content (AvgIpc) is 3.41. The van der Waals surface area contributed by atoms with Crippen LogP contribution in [0.5, 0.6) is 0 Å². The van der Waals surface area contributed by atoms with E-state index in [1.165, 1.54) is 22.2 Å². The van der Waals surface area contributed by atoms with E-state index in [0.29, 0.717) is 16.8 Å². The van der Waals surface area contributed by atoms with Crippen LogP contribution in [0.1, 0.15) is 22.6 Å². The summed E-state index contributed by atoms with van der Waals surface area (Å²) >= 11 is 3.05. The number of thiophene rings is 2. The van der Waals surface area contributed by atoms with Crippen molar-refractivity contribution in [2.45, 2.75) is 33.4 Å². The molecule has 28 heavy (non-hydrogen) atoms. The van der Waals surface area contributed by atoms with E-state index in [1.807, 2.05) is 31.4 Å². The molecule has 0 unspecified atom stereocenters. The second kappa shape index (κ2) is 7.69. The normalized spacial score (nSPS) is 11.2. The van der Waals surface area contributed by atoms with Crippen LogP contribution in [0.15, 0.2) is 39.2 Å². The average molecular weight is 415 g/mol. The lowest BCUT2D eigenvalue weighted by atomic mass is 10.2. The van der Waals surface area contributed by atoms with Gasteiger partial charge >= 0.3 is 5.97 Å². The largest absolute Gasteiger partial charge is 0.459 e. The summed E-state index contributed by atoms with van der Waals surface area (Å²) in [4.78, 5) is 31.8. The third-order valence-electron chi connectivity index (χ3n) is 4.42. The van der Waals surface area contributed by atoms with E-state index in [4.69, 9.17) is 9.26 Å². The molecule has 4 rings (SSSR count). The van der Waals surface area contributed by atoms with Gasteiger partial charge in [-0.1, -0.05) is 11.2 Å². The molecule has 9 heteroatoms. The number of nitrogens with zero attached hydrogens (tertiary/aromatic N) is 3. The number of carbonyl (C=O) groups is 1. The van der Waals surface area contributed by atoms with Gasteiger partial charge in [0, 0.05) is 17.5 Å². The van der Waals surface area contributed by atoms with Crippen molar-refractivity contribution in [2.75, 3.05) is 0 Å². The molecule has 0 bridgehead atoms. The van der Waals surface area contributed by atoms with Gasteiger partial charge in [0.15, 0.2) is 5.76 Å². The molecule has 0 aromatic carbocycles. The number of aromatic nitrogens is 3. The summed E-state index contributed by atoms with van der Waals surface area (Å²) in [5.74, 6) is 0.235. The highest BCUT2D eigenvalue weighted by Gasteiger charge is 2.14. The molecule has 7 nitrogen and oxygen atoms in total. The second-order valence-electron chi connectivity index (χ2n) is 6.28. The molecule has 0 amide bonds. The van der Waals surface area contributed by atoms with Crippen molar-refractivity contribution in [1.29, 1.82) is 0 Å². The fourth-order valence-electron chi connectivity index (χ4n) is 2.78. The third-order valence-corrected chi connectivity index (χ3v) is 6.42. The maximum atomic E-state index is 12.6. The molecule has 4 aromatic heterocycles. The zero-order valence-electron chi connectivity index (χ0n) is 15.3. The van der Waals surface area contributed by atoms with Gasteiger partial charge in [0.05, 0.1) is 23.0 Å². The molecule has 0 aliphatic carbocycles. The molecule has 0 spiro atoms. The van der Waals surface area contributed by atoms with Gasteiger partial charge in [-0.15, -0.1) is 22.7 Å². The number of rotatable bonds is 6. The Hall–Kier alpha value is -2.78. The highest BCUT2D eigenvalue weighted by Crippen LogP contribution is 2.26. The van der Waals surface area contributed by atoms with Gasteiger partial charge in [-0.25, -0.2) is 4.98 Å². The van der Waals surface area contributed by atoms with Crippen LogP contribution in [-0.2, 0) is 22.7 Å². The SMILES string of the molecule is Cc1sc2ncn(CCC(=O)OCc3cc(-c4cccs4)on3)c(=O)c2c1C. The van der Waals surface area contributed by atoms with Crippen LogP contribution < -0.4 is 5.56 Å². The number of ether oxygens (including phenoxy) is 1. The first-order valence-corrected chi connectivity index (χ1v) is 10.3. The fraction of sp³-hybridized carbons (Fsp3) is 0.263. The minimum atomic E-state index is -0.411. The number of hydrogen-bond acceptors (Lipinski definition) is 8. The zero-order valence-corrected chi connectivity index (χ0v) is 16.9. The molecular weight excluding hydrogens is 398 g/mol. The second-order valence-corrected chi connectivity index (χ2v) is 8.43. The lowest BCUT2D eigenvalue weighted by Gasteiger charge is -2.05. The smallest absolute Gasteiger partial charge is 0.307 e. The number of esters is 1. The standard InChI is InChI=1S/C19H17N3O4S2/c1-11-12(2)28-18-17(11)19(24)22(10-20-18)6-5-16(23)25-9-13-8-14(26-21-13)15-4-3-7-27-15/h3-4,7-8,10H,5-6,9H2,1-2H3. The van der Waals surface area contributed by atoms with Crippen LogP contribution in [0.4, 0.5) is 0 Å². The Kier molecular flexibility index (Phi) is 5.10. The molecule has 0 radical (unpaired) electrons. The highest BCUT2D eigenvalue weighted by molar-refractivity contribution is 7.18. The molecule has 0 aliphatic rings. The van der Waals surface area contributed by atoms with Crippen LogP contribution in [0.2, 0.25) is 0 Å². The van der Waals surface area contributed by atoms with Crippen molar-refractivity contribution in [3.8, 4) is 10.6 Å². The summed E-state index contributed by atoms with van der Waals surface area (Å²) < 4.78 is 12.0. The molecule has 0 atom stereocenters.